The summed E-state index contributed by atoms with van der Waals surface area (Å²) in [6.45, 7) is 1.51. The van der Waals surface area contributed by atoms with Crippen LogP contribution in [0.2, 0.25) is 0 Å². The number of fused-ring (bicyclic) bond motifs is 1. The van der Waals surface area contributed by atoms with Gasteiger partial charge in [-0.2, -0.15) is 0 Å². The van der Waals surface area contributed by atoms with Crippen LogP contribution >= 0.6 is 12.4 Å². The van der Waals surface area contributed by atoms with Gasteiger partial charge in [-0.3, -0.25) is 14.9 Å². The minimum Gasteiger partial charge on any atom is -0.451 e. The van der Waals surface area contributed by atoms with Crippen molar-refractivity contribution in [2.45, 2.75) is 6.10 Å². The Bertz CT molecular complexity index is 732. The molecule has 23 heavy (non-hydrogen) atoms. The highest BCUT2D eigenvalue weighted by Crippen LogP contribution is 2.24. The van der Waals surface area contributed by atoms with Crippen LogP contribution in [0.1, 0.15) is 10.6 Å². The van der Waals surface area contributed by atoms with Gasteiger partial charge in [0.15, 0.2) is 5.76 Å². The second-order valence-electron chi connectivity index (χ2n) is 5.29. The number of nitro benzene ring substituents is 1. The number of amides is 1. The molecule has 0 aliphatic carbocycles. The summed E-state index contributed by atoms with van der Waals surface area (Å²) in [5, 5.41) is 26.6. The molecule has 1 saturated heterocycles. The third kappa shape index (κ3) is 3.61. The van der Waals surface area contributed by atoms with Crippen LogP contribution in [0.15, 0.2) is 28.7 Å². The van der Waals surface area contributed by atoms with E-state index in [1.165, 1.54) is 24.3 Å². The molecule has 2 atom stereocenters. The molecule has 1 fully saturated rings. The number of nitro groups is 1. The molecule has 1 aromatic heterocycles. The standard InChI is InChI=1S/C14H15N3O5.ClH/c18-11-7-15-5-9(11)6-16-14(19)13-4-8-3-10(17(20)21)1-2-12(8)22-13;/h1-4,9,11,15,18H,5-7H2,(H,16,19);1H. The Morgan fingerprint density at radius 1 is 1.43 bits per heavy atom. The Morgan fingerprint density at radius 3 is 2.87 bits per heavy atom. The van der Waals surface area contributed by atoms with Gasteiger partial charge in [0.05, 0.1) is 11.0 Å². The van der Waals surface area contributed by atoms with Crippen molar-refractivity contribution in [2.24, 2.45) is 5.92 Å². The molecule has 1 aliphatic rings. The van der Waals surface area contributed by atoms with E-state index >= 15 is 0 Å². The van der Waals surface area contributed by atoms with Crippen LogP contribution in [0.25, 0.3) is 11.0 Å². The number of nitrogens with zero attached hydrogens (tertiary/aromatic N) is 1. The first-order valence-electron chi connectivity index (χ1n) is 6.89. The molecule has 3 N–H and O–H groups in total. The topological polar surface area (TPSA) is 118 Å². The molecule has 0 radical (unpaired) electrons. The summed E-state index contributed by atoms with van der Waals surface area (Å²) in [5.41, 5.74) is 0.360. The van der Waals surface area contributed by atoms with Crippen LogP contribution in [0.4, 0.5) is 5.69 Å². The molecule has 0 saturated carbocycles. The molecular weight excluding hydrogens is 326 g/mol. The lowest BCUT2D eigenvalue weighted by molar-refractivity contribution is -0.384. The van der Waals surface area contributed by atoms with E-state index in [0.29, 0.717) is 30.6 Å². The number of halogens is 1. The molecule has 1 amide bonds. The zero-order valence-corrected chi connectivity index (χ0v) is 12.8. The molecule has 3 rings (SSSR count). The molecule has 124 valence electrons. The van der Waals surface area contributed by atoms with E-state index < -0.39 is 16.9 Å². The van der Waals surface area contributed by atoms with E-state index in [9.17, 15) is 20.0 Å². The average molecular weight is 342 g/mol. The number of aliphatic hydroxyl groups excluding tert-OH is 1. The van der Waals surface area contributed by atoms with Crippen molar-refractivity contribution in [3.05, 3.63) is 40.1 Å². The minimum absolute atomic E-state index is 0. The predicted octanol–water partition coefficient (Wildman–Crippen LogP) is 1.07. The molecule has 2 aromatic rings. The second-order valence-corrected chi connectivity index (χ2v) is 5.29. The van der Waals surface area contributed by atoms with Crippen molar-refractivity contribution in [1.82, 2.24) is 10.6 Å². The van der Waals surface area contributed by atoms with E-state index in [0.717, 1.165) is 0 Å². The smallest absolute Gasteiger partial charge is 0.287 e. The van der Waals surface area contributed by atoms with Crippen molar-refractivity contribution < 1.29 is 19.2 Å². The number of rotatable bonds is 4. The van der Waals surface area contributed by atoms with Gasteiger partial charge >= 0.3 is 0 Å². The quantitative estimate of drug-likeness (QED) is 0.565. The fraction of sp³-hybridized carbons (Fsp3) is 0.357. The van der Waals surface area contributed by atoms with Gasteiger partial charge in [0.25, 0.3) is 11.6 Å². The van der Waals surface area contributed by atoms with Crippen LogP contribution in [0, 0.1) is 16.0 Å². The maximum atomic E-state index is 12.1. The van der Waals surface area contributed by atoms with Crippen LogP contribution in [0.5, 0.6) is 0 Å². The first-order chi connectivity index (χ1) is 10.5. The van der Waals surface area contributed by atoms with E-state index in [1.54, 1.807) is 0 Å². The van der Waals surface area contributed by atoms with Crippen LogP contribution < -0.4 is 10.6 Å². The fourth-order valence-electron chi connectivity index (χ4n) is 2.49. The van der Waals surface area contributed by atoms with Gasteiger partial charge in [0.1, 0.15) is 5.58 Å². The van der Waals surface area contributed by atoms with E-state index in [-0.39, 0.29) is 29.8 Å². The maximum Gasteiger partial charge on any atom is 0.287 e. The number of hydrogen-bond acceptors (Lipinski definition) is 6. The summed E-state index contributed by atoms with van der Waals surface area (Å²) < 4.78 is 5.39. The largest absolute Gasteiger partial charge is 0.451 e. The van der Waals surface area contributed by atoms with Gasteiger partial charge in [-0.05, 0) is 12.1 Å². The first kappa shape index (κ1) is 17.2. The SMILES string of the molecule is Cl.O=C(NCC1CNCC1O)c1cc2cc([N+](=O)[O-])ccc2o1. The number of aliphatic hydroxyl groups is 1. The number of furan rings is 1. The van der Waals surface area contributed by atoms with E-state index in [2.05, 4.69) is 10.6 Å². The lowest BCUT2D eigenvalue weighted by Gasteiger charge is -2.13. The highest BCUT2D eigenvalue weighted by Gasteiger charge is 2.25. The lowest BCUT2D eigenvalue weighted by Crippen LogP contribution is -2.34. The molecule has 8 nitrogen and oxygen atoms in total. The van der Waals surface area contributed by atoms with Crippen molar-refractivity contribution in [3.8, 4) is 0 Å². The Balaban J connectivity index is 0.00000192. The molecule has 9 heteroatoms. The summed E-state index contributed by atoms with van der Waals surface area (Å²) in [6.07, 6.45) is -0.473. The average Bonchev–Trinajstić information content (AvgIpc) is 3.09. The highest BCUT2D eigenvalue weighted by atomic mass is 35.5. The summed E-state index contributed by atoms with van der Waals surface area (Å²) in [5.74, 6) is -0.344. The fourth-order valence-corrected chi connectivity index (χ4v) is 2.49. The van der Waals surface area contributed by atoms with Gasteiger partial charge in [0, 0.05) is 43.1 Å². The number of nitrogens with one attached hydrogen (secondary N) is 2. The number of carbonyl (C=O) groups excluding carboxylic acids is 1. The van der Waals surface area contributed by atoms with Gasteiger partial charge < -0.3 is 20.2 Å². The first-order valence-corrected chi connectivity index (χ1v) is 6.89. The van der Waals surface area contributed by atoms with Gasteiger partial charge in [-0.25, -0.2) is 0 Å². The monoisotopic (exact) mass is 341 g/mol. The van der Waals surface area contributed by atoms with Crippen LogP contribution in [-0.4, -0.2) is 41.7 Å². The zero-order chi connectivity index (χ0) is 15.7. The number of β-amino-alcohol motifs (C(OH)–C–C–N with tert-alkyl or cyclic N) is 1. The number of non-ortho nitro benzene ring substituents is 1. The van der Waals surface area contributed by atoms with Crippen molar-refractivity contribution in [2.75, 3.05) is 19.6 Å². The molecular formula is C14H16ClN3O5. The van der Waals surface area contributed by atoms with Crippen molar-refractivity contribution >= 4 is 35.0 Å². The molecule has 2 unspecified atom stereocenters. The Hall–Kier alpha value is -2.16. The van der Waals surface area contributed by atoms with Crippen molar-refractivity contribution in [1.29, 1.82) is 0 Å². The van der Waals surface area contributed by atoms with Crippen LogP contribution in [0.3, 0.4) is 0 Å². The number of carbonyl (C=O) groups is 1. The third-order valence-corrected chi connectivity index (χ3v) is 3.76. The molecule has 2 heterocycles. The number of benzene rings is 1. The van der Waals surface area contributed by atoms with Gasteiger partial charge in [-0.15, -0.1) is 12.4 Å². The van der Waals surface area contributed by atoms with Gasteiger partial charge in [0.2, 0.25) is 0 Å². The second kappa shape index (κ2) is 6.95. The zero-order valence-electron chi connectivity index (χ0n) is 12.0. The normalized spacial score (nSPS) is 20.2. The molecule has 0 bridgehead atoms. The maximum absolute atomic E-state index is 12.1. The number of hydrogen-bond donors (Lipinski definition) is 3. The Kier molecular flexibility index (Phi) is 5.19. The Morgan fingerprint density at radius 2 is 2.22 bits per heavy atom. The van der Waals surface area contributed by atoms with E-state index in [4.69, 9.17) is 4.42 Å². The summed E-state index contributed by atoms with van der Waals surface area (Å²) >= 11 is 0. The van der Waals surface area contributed by atoms with Crippen LogP contribution in [-0.2, 0) is 0 Å². The molecule has 0 spiro atoms. The summed E-state index contributed by atoms with van der Waals surface area (Å²) in [7, 11) is 0. The van der Waals surface area contributed by atoms with Crippen molar-refractivity contribution in [3.63, 3.8) is 0 Å². The predicted molar refractivity (Wildman–Crippen MR) is 84.8 cm³/mol. The third-order valence-electron chi connectivity index (χ3n) is 3.76. The minimum atomic E-state index is -0.499. The van der Waals surface area contributed by atoms with Gasteiger partial charge in [-0.1, -0.05) is 0 Å². The summed E-state index contributed by atoms with van der Waals surface area (Å²) in [4.78, 5) is 22.3. The highest BCUT2D eigenvalue weighted by molar-refractivity contribution is 5.96. The lowest BCUT2D eigenvalue weighted by atomic mass is 10.1. The molecule has 1 aliphatic heterocycles. The Labute approximate surface area is 137 Å². The van der Waals surface area contributed by atoms with E-state index in [1.807, 2.05) is 0 Å². The summed E-state index contributed by atoms with van der Waals surface area (Å²) in [6, 6.07) is 5.63. The molecule has 1 aromatic carbocycles.